The summed E-state index contributed by atoms with van der Waals surface area (Å²) in [6.45, 7) is 9.18. The smallest absolute Gasteiger partial charge is 0.127 e. The molecule has 0 bridgehead atoms. The molecule has 0 aliphatic heterocycles. The molecule has 13 heavy (non-hydrogen) atoms. The van der Waals surface area contributed by atoms with Crippen LogP contribution in [0.4, 0.5) is 0 Å². The first kappa shape index (κ1) is 12.4. The number of rotatable bonds is 6. The van der Waals surface area contributed by atoms with Gasteiger partial charge in [0, 0.05) is 0 Å². The van der Waals surface area contributed by atoms with Gasteiger partial charge in [-0.05, 0) is 33.7 Å². The molecule has 1 N–H and O–H groups in total. The number of hydrogen-bond acceptors (Lipinski definition) is 3. The molecule has 0 heterocycles. The molecule has 3 nitrogen and oxygen atoms in total. The fraction of sp³-hybridized carbons (Fsp3) is 0.900. The lowest BCUT2D eigenvalue weighted by molar-refractivity contribution is 0.0488. The van der Waals surface area contributed by atoms with Crippen molar-refractivity contribution in [2.24, 2.45) is 0 Å². The molecule has 76 valence electrons. The lowest BCUT2D eigenvalue weighted by Gasteiger charge is -2.24. The summed E-state index contributed by atoms with van der Waals surface area (Å²) in [6.07, 6.45) is 1.20. The van der Waals surface area contributed by atoms with Crippen LogP contribution in [0.25, 0.3) is 0 Å². The Bertz CT molecular complexity index is 174. The first-order valence-corrected chi connectivity index (χ1v) is 4.82. The van der Waals surface area contributed by atoms with E-state index < -0.39 is 5.54 Å². The van der Waals surface area contributed by atoms with Crippen LogP contribution in [0.3, 0.4) is 0 Å². The Morgan fingerprint density at radius 1 is 1.54 bits per heavy atom. The van der Waals surface area contributed by atoms with Crippen molar-refractivity contribution in [1.82, 2.24) is 5.32 Å². The van der Waals surface area contributed by atoms with Crippen molar-refractivity contribution < 1.29 is 4.74 Å². The average molecular weight is 184 g/mol. The molecule has 0 amide bonds. The highest BCUT2D eigenvalue weighted by atomic mass is 16.5. The lowest BCUT2D eigenvalue weighted by atomic mass is 10.1. The molecule has 0 saturated carbocycles. The molecule has 0 radical (unpaired) electrons. The Hall–Kier alpha value is -0.590. The van der Waals surface area contributed by atoms with Crippen molar-refractivity contribution >= 4 is 0 Å². The van der Waals surface area contributed by atoms with Gasteiger partial charge in [0.05, 0.1) is 18.8 Å². The summed E-state index contributed by atoms with van der Waals surface area (Å²) >= 11 is 0. The number of nitrogens with one attached hydrogen (secondary N) is 1. The summed E-state index contributed by atoms with van der Waals surface area (Å²) in [7, 11) is 0. The summed E-state index contributed by atoms with van der Waals surface area (Å²) in [4.78, 5) is 0. The van der Waals surface area contributed by atoms with Crippen LogP contribution in [0.5, 0.6) is 0 Å². The van der Waals surface area contributed by atoms with Gasteiger partial charge in [-0.3, -0.25) is 5.32 Å². The van der Waals surface area contributed by atoms with E-state index in [-0.39, 0.29) is 6.10 Å². The minimum atomic E-state index is -0.541. The molecule has 0 aromatic heterocycles. The second-order valence-corrected chi connectivity index (χ2v) is 3.73. The van der Waals surface area contributed by atoms with Gasteiger partial charge in [-0.25, -0.2) is 0 Å². The molecule has 0 aromatic carbocycles. The van der Waals surface area contributed by atoms with Crippen LogP contribution in [0.1, 0.15) is 34.1 Å². The second kappa shape index (κ2) is 5.95. The monoisotopic (exact) mass is 184 g/mol. The molecule has 0 rings (SSSR count). The minimum absolute atomic E-state index is 0.177. The quantitative estimate of drug-likeness (QED) is 0.683. The topological polar surface area (TPSA) is 45.0 Å². The van der Waals surface area contributed by atoms with Crippen LogP contribution >= 0.6 is 0 Å². The Balaban J connectivity index is 3.90. The summed E-state index contributed by atoms with van der Waals surface area (Å²) in [5, 5.41) is 12.1. The summed E-state index contributed by atoms with van der Waals surface area (Å²) in [5.74, 6) is 0. The molecule has 0 saturated heterocycles. The zero-order valence-electron chi connectivity index (χ0n) is 9.05. The van der Waals surface area contributed by atoms with E-state index in [1.807, 2.05) is 20.8 Å². The Morgan fingerprint density at radius 2 is 2.15 bits per heavy atom. The largest absolute Gasteiger partial charge is 0.376 e. The molecule has 0 aliphatic rings. The van der Waals surface area contributed by atoms with Gasteiger partial charge in [0.25, 0.3) is 0 Å². The average Bonchev–Trinajstić information content (AvgIpc) is 2.11. The zero-order chi connectivity index (χ0) is 10.3. The van der Waals surface area contributed by atoms with Crippen molar-refractivity contribution in [3.05, 3.63) is 0 Å². The maximum absolute atomic E-state index is 8.93. The molecule has 1 unspecified atom stereocenters. The number of nitriles is 1. The number of hydrogen-bond donors (Lipinski definition) is 1. The Morgan fingerprint density at radius 3 is 2.54 bits per heavy atom. The van der Waals surface area contributed by atoms with E-state index in [2.05, 4.69) is 18.3 Å². The van der Waals surface area contributed by atoms with E-state index in [1.165, 1.54) is 0 Å². The summed E-state index contributed by atoms with van der Waals surface area (Å²) in [5.41, 5.74) is -0.541. The van der Waals surface area contributed by atoms with E-state index in [9.17, 15) is 0 Å². The SMILES string of the molecule is CCCNC(C)(C#N)COC(C)C. The van der Waals surface area contributed by atoms with Crippen LogP contribution < -0.4 is 5.32 Å². The normalized spacial score (nSPS) is 15.4. The standard InChI is InChI=1S/C10H20N2O/c1-5-6-12-10(4,7-11)8-13-9(2)3/h9,12H,5-6,8H2,1-4H3. The number of nitrogens with zero attached hydrogens (tertiary/aromatic N) is 1. The first-order chi connectivity index (χ1) is 6.04. The first-order valence-electron chi connectivity index (χ1n) is 4.82. The fourth-order valence-electron chi connectivity index (χ4n) is 0.857. The van der Waals surface area contributed by atoms with Crippen LogP contribution in [0.15, 0.2) is 0 Å². The summed E-state index contributed by atoms with van der Waals surface area (Å²) in [6, 6.07) is 2.23. The predicted octanol–water partition coefficient (Wildman–Crippen LogP) is 1.69. The van der Waals surface area contributed by atoms with Gasteiger partial charge >= 0.3 is 0 Å². The third kappa shape index (κ3) is 5.62. The van der Waals surface area contributed by atoms with E-state index in [0.717, 1.165) is 13.0 Å². The third-order valence-electron chi connectivity index (χ3n) is 1.72. The Kier molecular flexibility index (Phi) is 5.68. The highest BCUT2D eigenvalue weighted by Crippen LogP contribution is 2.04. The van der Waals surface area contributed by atoms with Gasteiger partial charge in [0.2, 0.25) is 0 Å². The van der Waals surface area contributed by atoms with Crippen LogP contribution in [-0.2, 0) is 4.74 Å². The van der Waals surface area contributed by atoms with Crippen molar-refractivity contribution in [2.45, 2.75) is 45.8 Å². The third-order valence-corrected chi connectivity index (χ3v) is 1.72. The van der Waals surface area contributed by atoms with E-state index in [1.54, 1.807) is 0 Å². The Labute approximate surface area is 81.1 Å². The molecule has 1 atom stereocenters. The fourth-order valence-corrected chi connectivity index (χ4v) is 0.857. The lowest BCUT2D eigenvalue weighted by Crippen LogP contribution is -2.46. The van der Waals surface area contributed by atoms with Crippen LogP contribution in [0.2, 0.25) is 0 Å². The van der Waals surface area contributed by atoms with Gasteiger partial charge < -0.3 is 4.74 Å². The van der Waals surface area contributed by atoms with Crippen LogP contribution in [0, 0.1) is 11.3 Å². The van der Waals surface area contributed by atoms with Crippen molar-refractivity contribution in [1.29, 1.82) is 5.26 Å². The molecule has 0 spiro atoms. The van der Waals surface area contributed by atoms with Crippen molar-refractivity contribution in [3.8, 4) is 6.07 Å². The van der Waals surface area contributed by atoms with Gasteiger partial charge in [-0.1, -0.05) is 6.92 Å². The van der Waals surface area contributed by atoms with E-state index >= 15 is 0 Å². The van der Waals surface area contributed by atoms with Crippen molar-refractivity contribution in [3.63, 3.8) is 0 Å². The molecule has 0 aliphatic carbocycles. The highest BCUT2D eigenvalue weighted by molar-refractivity contribution is 5.03. The zero-order valence-corrected chi connectivity index (χ0v) is 9.05. The molecular weight excluding hydrogens is 164 g/mol. The van der Waals surface area contributed by atoms with E-state index in [0.29, 0.717) is 6.61 Å². The molecular formula is C10H20N2O. The maximum Gasteiger partial charge on any atom is 0.127 e. The van der Waals surface area contributed by atoms with Gasteiger partial charge in [0.15, 0.2) is 0 Å². The van der Waals surface area contributed by atoms with Crippen LogP contribution in [-0.4, -0.2) is 24.8 Å². The van der Waals surface area contributed by atoms with E-state index in [4.69, 9.17) is 10.00 Å². The predicted molar refractivity (Wildman–Crippen MR) is 53.4 cm³/mol. The number of ether oxygens (including phenoxy) is 1. The second-order valence-electron chi connectivity index (χ2n) is 3.73. The molecule has 3 heteroatoms. The van der Waals surface area contributed by atoms with Gasteiger partial charge in [0.1, 0.15) is 5.54 Å². The summed E-state index contributed by atoms with van der Waals surface area (Å²) < 4.78 is 5.41. The van der Waals surface area contributed by atoms with Gasteiger partial charge in [-0.15, -0.1) is 0 Å². The minimum Gasteiger partial charge on any atom is -0.376 e. The highest BCUT2D eigenvalue weighted by Gasteiger charge is 2.23. The van der Waals surface area contributed by atoms with Gasteiger partial charge in [-0.2, -0.15) is 5.26 Å². The van der Waals surface area contributed by atoms with Crippen molar-refractivity contribution in [2.75, 3.05) is 13.2 Å². The maximum atomic E-state index is 8.93. The molecule has 0 aromatic rings. The molecule has 0 fully saturated rings.